The second-order valence-corrected chi connectivity index (χ2v) is 10.5. The van der Waals surface area contributed by atoms with Crippen molar-refractivity contribution < 1.29 is 14.3 Å². The maximum Gasteiger partial charge on any atom is 0.225 e. The van der Waals surface area contributed by atoms with E-state index in [1.54, 1.807) is 0 Å². The van der Waals surface area contributed by atoms with Crippen molar-refractivity contribution in [3.05, 3.63) is 11.3 Å². The normalized spacial score (nSPS) is 21.2. The van der Waals surface area contributed by atoms with Crippen LogP contribution in [0, 0.1) is 5.41 Å². The minimum Gasteiger partial charge on any atom is -0.487 e. The van der Waals surface area contributed by atoms with E-state index in [1.165, 1.54) is 0 Å². The van der Waals surface area contributed by atoms with E-state index < -0.39 is 5.54 Å². The molecule has 0 saturated heterocycles. The number of ketones is 2. The van der Waals surface area contributed by atoms with Gasteiger partial charge in [0.05, 0.1) is 6.10 Å². The van der Waals surface area contributed by atoms with Crippen LogP contribution in [0.2, 0.25) is 0 Å². The Morgan fingerprint density at radius 1 is 0.964 bits per heavy atom. The molecular formula is C24H43NO3. The number of carbonyl (C=O) groups is 2. The lowest BCUT2D eigenvalue weighted by Gasteiger charge is -2.41. The van der Waals surface area contributed by atoms with Crippen LogP contribution in [0.25, 0.3) is 0 Å². The van der Waals surface area contributed by atoms with Gasteiger partial charge in [0.2, 0.25) is 5.78 Å². The first kappa shape index (κ1) is 24.9. The first-order chi connectivity index (χ1) is 12.8. The molecule has 0 heterocycles. The quantitative estimate of drug-likeness (QED) is 0.455. The number of unbranched alkanes of at least 4 members (excludes halogenated alkanes) is 2. The minimum absolute atomic E-state index is 0.0583. The predicted molar refractivity (Wildman–Crippen MR) is 116 cm³/mol. The summed E-state index contributed by atoms with van der Waals surface area (Å²) in [4.78, 5) is 27.3. The third-order valence-corrected chi connectivity index (χ3v) is 5.09. The molecule has 1 rings (SSSR count). The van der Waals surface area contributed by atoms with E-state index in [0.29, 0.717) is 24.2 Å². The molecule has 4 nitrogen and oxygen atoms in total. The van der Waals surface area contributed by atoms with Crippen molar-refractivity contribution >= 4 is 11.6 Å². The average molecular weight is 394 g/mol. The largest absolute Gasteiger partial charge is 0.487 e. The number of Topliss-reactive ketones (excluding diaryl/α,β-unsaturated/α-hetero) is 2. The Morgan fingerprint density at radius 3 is 2.00 bits per heavy atom. The fraction of sp³-hybridized carbons (Fsp3) is 0.833. The lowest BCUT2D eigenvalue weighted by Crippen LogP contribution is -2.63. The van der Waals surface area contributed by atoms with Gasteiger partial charge in [0.1, 0.15) is 5.54 Å². The molecule has 0 fully saturated rings. The number of rotatable bonds is 11. The average Bonchev–Trinajstić information content (AvgIpc) is 2.70. The van der Waals surface area contributed by atoms with Crippen LogP contribution < -0.4 is 5.32 Å². The summed E-state index contributed by atoms with van der Waals surface area (Å²) in [5.74, 6) is 0.0911. The zero-order valence-electron chi connectivity index (χ0n) is 19.8. The molecule has 1 aliphatic carbocycles. The van der Waals surface area contributed by atoms with Crippen LogP contribution in [0.4, 0.5) is 0 Å². The Hall–Kier alpha value is -1.16. The Balaban J connectivity index is 3.37. The van der Waals surface area contributed by atoms with Crippen molar-refractivity contribution in [1.29, 1.82) is 0 Å². The molecule has 0 bridgehead atoms. The van der Waals surface area contributed by atoms with E-state index >= 15 is 0 Å². The maximum atomic E-state index is 13.7. The van der Waals surface area contributed by atoms with Gasteiger partial charge in [-0.1, -0.05) is 53.9 Å². The van der Waals surface area contributed by atoms with Crippen molar-refractivity contribution in [2.24, 2.45) is 5.41 Å². The maximum absolute atomic E-state index is 13.7. The minimum atomic E-state index is -1.18. The Labute approximate surface area is 172 Å². The first-order valence-electron chi connectivity index (χ1n) is 11.1. The van der Waals surface area contributed by atoms with Gasteiger partial charge in [-0.15, -0.1) is 0 Å². The molecule has 1 unspecified atom stereocenters. The van der Waals surface area contributed by atoms with E-state index in [2.05, 4.69) is 53.8 Å². The van der Waals surface area contributed by atoms with Crippen LogP contribution in [-0.2, 0) is 14.3 Å². The molecule has 0 aliphatic heterocycles. The van der Waals surface area contributed by atoms with E-state index in [0.717, 1.165) is 32.1 Å². The van der Waals surface area contributed by atoms with Gasteiger partial charge in [-0.05, 0) is 58.8 Å². The van der Waals surface area contributed by atoms with Gasteiger partial charge in [-0.25, -0.2) is 0 Å². The van der Waals surface area contributed by atoms with Crippen molar-refractivity contribution in [2.75, 3.05) is 0 Å². The molecule has 162 valence electrons. The molecule has 1 aliphatic rings. The topological polar surface area (TPSA) is 55.4 Å². The summed E-state index contributed by atoms with van der Waals surface area (Å²) in [6.45, 7) is 18.8. The number of carbonyl (C=O) groups excluding carboxylic acids is 2. The summed E-state index contributed by atoms with van der Waals surface area (Å²) < 4.78 is 5.92. The summed E-state index contributed by atoms with van der Waals surface area (Å²) >= 11 is 0. The smallest absolute Gasteiger partial charge is 0.225 e. The molecule has 1 N–H and O–H groups in total. The summed E-state index contributed by atoms with van der Waals surface area (Å²) in [7, 11) is 0. The zero-order valence-corrected chi connectivity index (χ0v) is 19.8. The highest BCUT2D eigenvalue weighted by atomic mass is 16.5. The van der Waals surface area contributed by atoms with E-state index in [-0.39, 0.29) is 28.6 Å². The molecule has 0 aromatic rings. The number of hydrogen-bond donors (Lipinski definition) is 1. The van der Waals surface area contributed by atoms with Crippen molar-refractivity contribution in [3.63, 3.8) is 0 Å². The third kappa shape index (κ3) is 6.17. The van der Waals surface area contributed by atoms with Gasteiger partial charge in [0.25, 0.3) is 0 Å². The monoisotopic (exact) mass is 393 g/mol. The predicted octanol–water partition coefficient (Wildman–Crippen LogP) is 5.74. The highest BCUT2D eigenvalue weighted by Gasteiger charge is 2.56. The Kier molecular flexibility index (Phi) is 8.49. The van der Waals surface area contributed by atoms with Crippen LogP contribution in [0.5, 0.6) is 0 Å². The van der Waals surface area contributed by atoms with Gasteiger partial charge in [-0.3, -0.25) is 14.9 Å². The number of nitrogens with one attached hydrogen (secondary N) is 1. The SMILES string of the molecule is CCCCC1=C(OC(C)C)C(=O)C(CCCC)(NC(C)(C)CC(C)(C)C)C1=O. The lowest BCUT2D eigenvalue weighted by molar-refractivity contribution is -0.133. The standard InChI is InChI=1S/C24H43NO3/c1-10-12-14-18-19(28-17(3)4)21(27)24(20(18)26,15-13-11-2)25-23(8,9)16-22(5,6)7/h17,25H,10-16H2,1-9H3. The fourth-order valence-corrected chi connectivity index (χ4v) is 4.53. The number of hydrogen-bond acceptors (Lipinski definition) is 4. The van der Waals surface area contributed by atoms with Gasteiger partial charge in [0.15, 0.2) is 11.5 Å². The zero-order chi connectivity index (χ0) is 21.8. The molecule has 0 spiro atoms. The molecule has 0 saturated carbocycles. The van der Waals surface area contributed by atoms with E-state index in [4.69, 9.17) is 4.74 Å². The van der Waals surface area contributed by atoms with Crippen molar-refractivity contribution in [3.8, 4) is 0 Å². The summed E-state index contributed by atoms with van der Waals surface area (Å²) in [6.07, 6.45) is 5.49. The van der Waals surface area contributed by atoms with E-state index in [9.17, 15) is 9.59 Å². The van der Waals surface area contributed by atoms with E-state index in [1.807, 2.05) is 13.8 Å². The highest BCUT2D eigenvalue weighted by Crippen LogP contribution is 2.39. The lowest BCUT2D eigenvalue weighted by atomic mass is 9.77. The molecule has 0 aromatic carbocycles. The second kappa shape index (κ2) is 9.56. The van der Waals surface area contributed by atoms with Crippen LogP contribution in [0.3, 0.4) is 0 Å². The summed E-state index contributed by atoms with van der Waals surface area (Å²) in [5, 5.41) is 3.55. The van der Waals surface area contributed by atoms with Crippen molar-refractivity contribution in [1.82, 2.24) is 5.32 Å². The Bertz CT molecular complexity index is 595. The molecular weight excluding hydrogens is 350 g/mol. The van der Waals surface area contributed by atoms with Gasteiger partial charge in [-0.2, -0.15) is 0 Å². The summed E-state index contributed by atoms with van der Waals surface area (Å²) in [6, 6.07) is 0. The third-order valence-electron chi connectivity index (χ3n) is 5.09. The van der Waals surface area contributed by atoms with Crippen LogP contribution in [0.15, 0.2) is 11.3 Å². The van der Waals surface area contributed by atoms with Crippen LogP contribution >= 0.6 is 0 Å². The van der Waals surface area contributed by atoms with Crippen LogP contribution in [0.1, 0.15) is 107 Å². The first-order valence-corrected chi connectivity index (χ1v) is 11.1. The highest BCUT2D eigenvalue weighted by molar-refractivity contribution is 6.30. The van der Waals surface area contributed by atoms with Crippen molar-refractivity contribution in [2.45, 2.75) is 124 Å². The van der Waals surface area contributed by atoms with Gasteiger partial charge >= 0.3 is 0 Å². The Morgan fingerprint density at radius 2 is 1.54 bits per heavy atom. The molecule has 0 radical (unpaired) electrons. The van der Waals surface area contributed by atoms with Crippen LogP contribution in [-0.4, -0.2) is 28.7 Å². The molecule has 4 heteroatoms. The number of ether oxygens (including phenoxy) is 1. The summed E-state index contributed by atoms with van der Waals surface area (Å²) in [5.41, 5.74) is -0.850. The molecule has 28 heavy (non-hydrogen) atoms. The second-order valence-electron chi connectivity index (χ2n) is 10.5. The fourth-order valence-electron chi connectivity index (χ4n) is 4.53. The molecule has 1 atom stereocenters. The molecule has 0 aromatic heterocycles. The van der Waals surface area contributed by atoms with Gasteiger partial charge in [0, 0.05) is 11.1 Å². The van der Waals surface area contributed by atoms with Gasteiger partial charge < -0.3 is 4.74 Å². The molecule has 0 amide bonds.